The maximum absolute atomic E-state index is 13.2. The van der Waals surface area contributed by atoms with Gasteiger partial charge >= 0.3 is 0 Å². The fourth-order valence-corrected chi connectivity index (χ4v) is 3.71. The molecule has 1 aliphatic carbocycles. The number of aliphatic hydroxyl groups is 1. The van der Waals surface area contributed by atoms with Gasteiger partial charge in [-0.2, -0.15) is 0 Å². The molecule has 4 heteroatoms. The molecule has 1 amide bonds. The minimum absolute atomic E-state index is 0.00361. The highest BCUT2D eigenvalue weighted by atomic mass is 16.3. The highest BCUT2D eigenvalue weighted by Gasteiger charge is 2.31. The predicted octanol–water partition coefficient (Wildman–Crippen LogP) is 4.54. The maximum Gasteiger partial charge on any atom is 0.258 e. The summed E-state index contributed by atoms with van der Waals surface area (Å²) in [5, 5.41) is 10.8. The molecule has 1 fully saturated rings. The lowest BCUT2D eigenvalue weighted by atomic mass is 9.94. The van der Waals surface area contributed by atoms with E-state index >= 15 is 0 Å². The Morgan fingerprint density at radius 2 is 2.00 bits per heavy atom. The maximum atomic E-state index is 13.2. The van der Waals surface area contributed by atoms with E-state index in [4.69, 9.17) is 0 Å². The summed E-state index contributed by atoms with van der Waals surface area (Å²) < 4.78 is 0. The minimum Gasteiger partial charge on any atom is -0.505 e. The van der Waals surface area contributed by atoms with Crippen molar-refractivity contribution in [3.05, 3.63) is 46.5 Å². The van der Waals surface area contributed by atoms with Crippen molar-refractivity contribution in [2.75, 3.05) is 20.6 Å². The molecule has 0 aromatic carbocycles. The lowest BCUT2D eigenvalue weighted by Crippen LogP contribution is -2.33. The van der Waals surface area contributed by atoms with Crippen LogP contribution in [0.2, 0.25) is 0 Å². The Hall–Kier alpha value is -1.81. The van der Waals surface area contributed by atoms with Crippen molar-refractivity contribution in [2.45, 2.75) is 52.9 Å². The summed E-state index contributed by atoms with van der Waals surface area (Å²) in [7, 11) is 3.94. The molecule has 2 rings (SSSR count). The number of likely N-dealkylation sites (N-methyl/N-ethyl adjacent to an activating group) is 1. The molecule has 25 heavy (non-hydrogen) atoms. The molecule has 4 nitrogen and oxygen atoms in total. The molecule has 0 atom stereocenters. The molecule has 1 saturated carbocycles. The lowest BCUT2D eigenvalue weighted by molar-refractivity contribution is -0.124. The van der Waals surface area contributed by atoms with Gasteiger partial charge in [-0.3, -0.25) is 9.69 Å². The summed E-state index contributed by atoms with van der Waals surface area (Å²) in [5.74, 6) is 0.582. The minimum atomic E-state index is 0.00361. The number of hydrogen-bond acceptors (Lipinski definition) is 3. The number of carbonyl (C=O) groups is 1. The largest absolute Gasteiger partial charge is 0.505 e. The summed E-state index contributed by atoms with van der Waals surface area (Å²) in [4.78, 5) is 16.9. The second kappa shape index (κ2) is 8.52. The highest BCUT2D eigenvalue weighted by molar-refractivity contribution is 5.96. The average molecular weight is 344 g/mol. The molecule has 138 valence electrons. The smallest absolute Gasteiger partial charge is 0.258 e. The van der Waals surface area contributed by atoms with Crippen LogP contribution in [0.3, 0.4) is 0 Å². The Balaban J connectivity index is 2.39. The van der Waals surface area contributed by atoms with Crippen LogP contribution in [0.25, 0.3) is 0 Å². The third-order valence-corrected chi connectivity index (χ3v) is 5.19. The van der Waals surface area contributed by atoms with Gasteiger partial charge in [0.2, 0.25) is 0 Å². The molecule has 0 unspecified atom stereocenters. The van der Waals surface area contributed by atoms with Crippen molar-refractivity contribution in [1.82, 2.24) is 9.80 Å². The lowest BCUT2D eigenvalue weighted by Gasteiger charge is -2.30. The van der Waals surface area contributed by atoms with Crippen molar-refractivity contribution >= 4 is 5.91 Å². The molecule has 1 heterocycles. The monoisotopic (exact) mass is 344 g/mol. The summed E-state index contributed by atoms with van der Waals surface area (Å²) >= 11 is 0. The van der Waals surface area contributed by atoms with E-state index in [1.54, 1.807) is 4.90 Å². The van der Waals surface area contributed by atoms with Crippen LogP contribution < -0.4 is 0 Å². The van der Waals surface area contributed by atoms with Gasteiger partial charge in [-0.15, -0.1) is 0 Å². The van der Waals surface area contributed by atoms with Crippen LogP contribution in [-0.4, -0.2) is 41.5 Å². The Kier molecular flexibility index (Phi) is 6.65. The standard InChI is InChI=1S/C21H32N2O2/c1-6-15(3)19-20(24)17(14-22(4)5)12-13-23(19)21(25)18(7-2)16-10-8-9-11-16/h7,12-13,16,24H,6,8-11,14H2,1-5H3/b18-7-,19-15-. The van der Waals surface area contributed by atoms with Gasteiger partial charge in [0, 0.05) is 23.9 Å². The van der Waals surface area contributed by atoms with Gasteiger partial charge in [-0.1, -0.05) is 25.8 Å². The molecule has 0 aromatic rings. The van der Waals surface area contributed by atoms with Crippen LogP contribution in [-0.2, 0) is 4.79 Å². The van der Waals surface area contributed by atoms with Gasteiger partial charge in [0.05, 0.1) is 5.70 Å². The van der Waals surface area contributed by atoms with Gasteiger partial charge in [-0.25, -0.2) is 0 Å². The van der Waals surface area contributed by atoms with Crippen molar-refractivity contribution in [1.29, 1.82) is 0 Å². The van der Waals surface area contributed by atoms with Gasteiger partial charge in [0.1, 0.15) is 5.76 Å². The second-order valence-electron chi connectivity index (χ2n) is 7.31. The van der Waals surface area contributed by atoms with Crippen molar-refractivity contribution in [3.8, 4) is 0 Å². The normalized spacial score (nSPS) is 21.5. The molecule has 2 aliphatic rings. The van der Waals surface area contributed by atoms with Crippen LogP contribution >= 0.6 is 0 Å². The third kappa shape index (κ3) is 4.24. The van der Waals surface area contributed by atoms with E-state index in [9.17, 15) is 9.90 Å². The third-order valence-electron chi connectivity index (χ3n) is 5.19. The van der Waals surface area contributed by atoms with Crippen molar-refractivity contribution in [2.24, 2.45) is 5.92 Å². The van der Waals surface area contributed by atoms with Gasteiger partial charge in [0.25, 0.3) is 5.91 Å². The van der Waals surface area contributed by atoms with Gasteiger partial charge in [0.15, 0.2) is 0 Å². The number of rotatable bonds is 5. The second-order valence-corrected chi connectivity index (χ2v) is 7.31. The quantitative estimate of drug-likeness (QED) is 0.745. The van der Waals surface area contributed by atoms with Crippen LogP contribution in [0.15, 0.2) is 46.5 Å². The predicted molar refractivity (Wildman–Crippen MR) is 103 cm³/mol. The van der Waals surface area contributed by atoms with Crippen molar-refractivity contribution in [3.63, 3.8) is 0 Å². The number of nitrogens with zero attached hydrogens (tertiary/aromatic N) is 2. The molecule has 0 saturated heterocycles. The van der Waals surface area contributed by atoms with E-state index in [-0.39, 0.29) is 11.7 Å². The zero-order valence-electron chi connectivity index (χ0n) is 16.3. The first-order valence-electron chi connectivity index (χ1n) is 9.35. The fraction of sp³-hybridized carbons (Fsp3) is 0.571. The number of carbonyl (C=O) groups excluding carboxylic acids is 1. The highest BCUT2D eigenvalue weighted by Crippen LogP contribution is 2.35. The summed E-state index contributed by atoms with van der Waals surface area (Å²) in [6, 6.07) is 0. The molecule has 0 aromatic heterocycles. The first-order chi connectivity index (χ1) is 11.9. The van der Waals surface area contributed by atoms with E-state index in [0.717, 1.165) is 36.0 Å². The Morgan fingerprint density at radius 1 is 1.36 bits per heavy atom. The molecule has 1 N–H and O–H groups in total. The first kappa shape index (κ1) is 19.5. The fourth-order valence-electron chi connectivity index (χ4n) is 3.71. The molecular weight excluding hydrogens is 312 g/mol. The van der Waals surface area contributed by atoms with E-state index in [2.05, 4.69) is 6.92 Å². The van der Waals surface area contributed by atoms with Crippen LogP contribution in [0, 0.1) is 5.92 Å². The number of allylic oxidation sites excluding steroid dienone is 2. The van der Waals surface area contributed by atoms with Gasteiger partial charge in [-0.05, 0) is 64.8 Å². The molecule has 1 aliphatic heterocycles. The van der Waals surface area contributed by atoms with Crippen LogP contribution in [0.4, 0.5) is 0 Å². The van der Waals surface area contributed by atoms with Crippen molar-refractivity contribution < 1.29 is 9.90 Å². The van der Waals surface area contributed by atoms with E-state index in [0.29, 0.717) is 18.2 Å². The number of aliphatic hydroxyl groups excluding tert-OH is 1. The van der Waals surface area contributed by atoms with Crippen LogP contribution in [0.1, 0.15) is 52.9 Å². The van der Waals surface area contributed by atoms with E-state index in [1.165, 1.54) is 12.8 Å². The number of amides is 1. The zero-order chi connectivity index (χ0) is 18.6. The zero-order valence-corrected chi connectivity index (χ0v) is 16.3. The molecular formula is C21H32N2O2. The Labute approximate surface area is 152 Å². The molecule has 0 bridgehead atoms. The Morgan fingerprint density at radius 3 is 2.52 bits per heavy atom. The summed E-state index contributed by atoms with van der Waals surface area (Å²) in [6.07, 6.45) is 11.0. The first-order valence-corrected chi connectivity index (χ1v) is 9.35. The molecule has 0 spiro atoms. The van der Waals surface area contributed by atoms with E-state index < -0.39 is 0 Å². The van der Waals surface area contributed by atoms with E-state index in [1.807, 2.05) is 51.2 Å². The Bertz CT molecular complexity index is 632. The summed E-state index contributed by atoms with van der Waals surface area (Å²) in [5.41, 5.74) is 3.41. The van der Waals surface area contributed by atoms with Crippen LogP contribution in [0.5, 0.6) is 0 Å². The topological polar surface area (TPSA) is 43.8 Å². The average Bonchev–Trinajstić information content (AvgIpc) is 3.10. The van der Waals surface area contributed by atoms with Gasteiger partial charge < -0.3 is 10.0 Å². The molecule has 0 radical (unpaired) electrons. The number of hydrogen-bond donors (Lipinski definition) is 1. The summed E-state index contributed by atoms with van der Waals surface area (Å²) in [6.45, 7) is 6.63. The SMILES string of the molecule is C/C=C(\C(=O)N1C=CC(CN(C)C)=C(O)/C1=C(\C)CC)C1CCCC1.